The third kappa shape index (κ3) is 3.14. The number of hydrogen-bond acceptors (Lipinski definition) is 5. The number of para-hydroxylation sites is 1. The number of benzene rings is 3. The van der Waals surface area contributed by atoms with E-state index in [1.165, 1.54) is 12.1 Å². The predicted molar refractivity (Wildman–Crippen MR) is 112 cm³/mol. The first-order valence-electron chi connectivity index (χ1n) is 9.87. The van der Waals surface area contributed by atoms with Crippen LogP contribution in [0.2, 0.25) is 0 Å². The minimum atomic E-state index is -0.968. The largest absolute Gasteiger partial charge is 0.497 e. The van der Waals surface area contributed by atoms with Gasteiger partial charge in [-0.2, -0.15) is 0 Å². The fourth-order valence-corrected chi connectivity index (χ4v) is 4.20. The molecule has 2 aliphatic rings. The molecule has 6 nitrogen and oxygen atoms in total. The molecule has 31 heavy (non-hydrogen) atoms. The third-order valence-corrected chi connectivity index (χ3v) is 5.67. The Balaban J connectivity index is 1.56. The summed E-state index contributed by atoms with van der Waals surface area (Å²) in [6.07, 6.45) is -0.968. The molecule has 0 spiro atoms. The number of halogens is 1. The number of nitrogens with zero attached hydrogens (tertiary/aromatic N) is 2. The number of fused-ring (bicyclic) bond motifs is 1. The summed E-state index contributed by atoms with van der Waals surface area (Å²) < 4.78 is 18.7. The lowest BCUT2D eigenvalue weighted by Crippen LogP contribution is -2.37. The first kappa shape index (κ1) is 19.3. The van der Waals surface area contributed by atoms with Crippen molar-refractivity contribution in [1.82, 2.24) is 0 Å². The molecule has 3 aromatic rings. The van der Waals surface area contributed by atoms with Gasteiger partial charge < -0.3 is 4.74 Å². The summed E-state index contributed by atoms with van der Waals surface area (Å²) in [5.74, 6) is -1.29. The standard InChI is InChI=1S/C24H19FN2O4/c1-30-19-13-11-17(12-14-19)26-23(28)20-21(15-7-9-16(25)10-8-15)27(31-22(20)24(26)29)18-5-3-2-4-6-18/h2-14,20-22H,1H3/t20-,21+,22-/m0/s1. The maximum absolute atomic E-state index is 13.6. The molecule has 156 valence electrons. The van der Waals surface area contributed by atoms with E-state index >= 15 is 0 Å². The van der Waals surface area contributed by atoms with Crippen molar-refractivity contribution >= 4 is 23.2 Å². The molecule has 2 aliphatic heterocycles. The van der Waals surface area contributed by atoms with Crippen LogP contribution >= 0.6 is 0 Å². The van der Waals surface area contributed by atoms with E-state index in [1.807, 2.05) is 30.3 Å². The first-order chi connectivity index (χ1) is 15.1. The van der Waals surface area contributed by atoms with Crippen LogP contribution in [-0.2, 0) is 14.4 Å². The number of hydroxylamine groups is 1. The smallest absolute Gasteiger partial charge is 0.266 e. The van der Waals surface area contributed by atoms with Gasteiger partial charge in [0.1, 0.15) is 17.5 Å². The molecule has 0 saturated carbocycles. The van der Waals surface area contributed by atoms with E-state index in [4.69, 9.17) is 9.57 Å². The second-order valence-electron chi connectivity index (χ2n) is 7.42. The van der Waals surface area contributed by atoms with E-state index in [0.717, 1.165) is 4.90 Å². The number of imide groups is 1. The number of hydrogen-bond donors (Lipinski definition) is 0. The molecule has 2 fully saturated rings. The fourth-order valence-electron chi connectivity index (χ4n) is 4.20. The number of ether oxygens (including phenoxy) is 1. The maximum Gasteiger partial charge on any atom is 0.266 e. The number of methoxy groups -OCH3 is 1. The Hall–Kier alpha value is -3.71. The molecule has 7 heteroatoms. The highest BCUT2D eigenvalue weighted by atomic mass is 19.1. The summed E-state index contributed by atoms with van der Waals surface area (Å²) in [5, 5.41) is 1.59. The molecule has 2 amide bonds. The van der Waals surface area contributed by atoms with Crippen LogP contribution in [0.15, 0.2) is 78.9 Å². The lowest BCUT2D eigenvalue weighted by atomic mass is 9.90. The molecule has 3 atom stereocenters. The second kappa shape index (κ2) is 7.52. The van der Waals surface area contributed by atoms with E-state index in [-0.39, 0.29) is 11.7 Å². The molecule has 0 aliphatic carbocycles. The number of anilines is 2. The summed E-state index contributed by atoms with van der Waals surface area (Å²) >= 11 is 0. The van der Waals surface area contributed by atoms with E-state index in [9.17, 15) is 14.0 Å². The van der Waals surface area contributed by atoms with Crippen molar-refractivity contribution in [1.29, 1.82) is 0 Å². The fraction of sp³-hybridized carbons (Fsp3) is 0.167. The van der Waals surface area contributed by atoms with Gasteiger partial charge in [-0.05, 0) is 54.1 Å². The van der Waals surface area contributed by atoms with Gasteiger partial charge in [0.25, 0.3) is 5.91 Å². The highest BCUT2D eigenvalue weighted by molar-refractivity contribution is 6.23. The van der Waals surface area contributed by atoms with Crippen LogP contribution in [0.1, 0.15) is 11.6 Å². The van der Waals surface area contributed by atoms with Gasteiger partial charge >= 0.3 is 0 Å². The molecule has 2 saturated heterocycles. The molecule has 0 bridgehead atoms. The average molecular weight is 418 g/mol. The quantitative estimate of drug-likeness (QED) is 0.602. The lowest BCUT2D eigenvalue weighted by molar-refractivity contribution is -0.126. The zero-order chi connectivity index (χ0) is 21.5. The number of amides is 2. The molecular weight excluding hydrogens is 399 g/mol. The van der Waals surface area contributed by atoms with Gasteiger partial charge in [-0.1, -0.05) is 30.3 Å². The minimum Gasteiger partial charge on any atom is -0.497 e. The Morgan fingerprint density at radius 3 is 2.16 bits per heavy atom. The van der Waals surface area contributed by atoms with Gasteiger partial charge in [0.05, 0.1) is 24.5 Å². The van der Waals surface area contributed by atoms with Crippen LogP contribution in [0.25, 0.3) is 0 Å². The SMILES string of the molecule is COc1ccc(N2C(=O)[C@@H]3[C@H](ON(c4ccccc4)[C@@H]3c3ccc(F)cc3)C2=O)cc1. The van der Waals surface area contributed by atoms with Crippen LogP contribution < -0.4 is 14.7 Å². The van der Waals surface area contributed by atoms with Gasteiger partial charge in [0.15, 0.2) is 6.10 Å². The molecule has 3 aromatic carbocycles. The molecule has 0 unspecified atom stereocenters. The Bertz CT molecular complexity index is 1120. The molecule has 0 N–H and O–H groups in total. The number of carbonyl (C=O) groups excluding carboxylic acids is 2. The van der Waals surface area contributed by atoms with Crippen molar-refractivity contribution < 1.29 is 23.6 Å². The first-order valence-corrected chi connectivity index (χ1v) is 9.87. The molecular formula is C24H19FN2O4. The van der Waals surface area contributed by atoms with Crippen molar-refractivity contribution in [2.75, 3.05) is 17.1 Å². The van der Waals surface area contributed by atoms with E-state index in [1.54, 1.807) is 48.6 Å². The summed E-state index contributed by atoms with van der Waals surface area (Å²) in [7, 11) is 1.55. The Labute approximate surface area is 178 Å². The average Bonchev–Trinajstić information content (AvgIpc) is 3.31. The zero-order valence-corrected chi connectivity index (χ0v) is 16.6. The Morgan fingerprint density at radius 1 is 0.839 bits per heavy atom. The van der Waals surface area contributed by atoms with Crippen molar-refractivity contribution in [3.63, 3.8) is 0 Å². The van der Waals surface area contributed by atoms with Crippen LogP contribution in [0.4, 0.5) is 15.8 Å². The molecule has 5 rings (SSSR count). The summed E-state index contributed by atoms with van der Waals surface area (Å²) in [4.78, 5) is 33.9. The Kier molecular flexibility index (Phi) is 4.67. The topological polar surface area (TPSA) is 59.1 Å². The third-order valence-electron chi connectivity index (χ3n) is 5.67. The number of carbonyl (C=O) groups is 2. The van der Waals surface area contributed by atoms with Crippen LogP contribution in [-0.4, -0.2) is 25.0 Å². The number of rotatable bonds is 4. The van der Waals surface area contributed by atoms with Crippen molar-refractivity contribution in [3.05, 3.63) is 90.2 Å². The maximum atomic E-state index is 13.6. The van der Waals surface area contributed by atoms with Crippen LogP contribution in [0.3, 0.4) is 0 Å². The molecule has 0 aromatic heterocycles. The highest BCUT2D eigenvalue weighted by Gasteiger charge is 2.60. The Morgan fingerprint density at radius 2 is 1.52 bits per heavy atom. The van der Waals surface area contributed by atoms with Gasteiger partial charge in [-0.25, -0.2) is 14.4 Å². The van der Waals surface area contributed by atoms with Crippen molar-refractivity contribution in [2.24, 2.45) is 5.92 Å². The van der Waals surface area contributed by atoms with Crippen LogP contribution in [0.5, 0.6) is 5.75 Å². The lowest BCUT2D eigenvalue weighted by Gasteiger charge is -2.28. The van der Waals surface area contributed by atoms with Gasteiger partial charge in [0, 0.05) is 0 Å². The minimum absolute atomic E-state index is 0.354. The predicted octanol–water partition coefficient (Wildman–Crippen LogP) is 3.89. The second-order valence-corrected chi connectivity index (χ2v) is 7.42. The summed E-state index contributed by atoms with van der Waals surface area (Å²) in [5.41, 5.74) is 1.86. The van der Waals surface area contributed by atoms with Crippen molar-refractivity contribution in [3.8, 4) is 5.75 Å². The van der Waals surface area contributed by atoms with Crippen LogP contribution in [0, 0.1) is 11.7 Å². The van der Waals surface area contributed by atoms with Gasteiger partial charge in [-0.3, -0.25) is 14.4 Å². The van der Waals surface area contributed by atoms with E-state index < -0.39 is 24.0 Å². The zero-order valence-electron chi connectivity index (χ0n) is 16.6. The highest BCUT2D eigenvalue weighted by Crippen LogP contribution is 2.47. The van der Waals surface area contributed by atoms with E-state index in [0.29, 0.717) is 22.7 Å². The monoisotopic (exact) mass is 418 g/mol. The summed E-state index contributed by atoms with van der Waals surface area (Å²) in [6.45, 7) is 0. The van der Waals surface area contributed by atoms with Gasteiger partial charge in [-0.15, -0.1) is 0 Å². The molecule has 0 radical (unpaired) electrons. The van der Waals surface area contributed by atoms with Crippen molar-refractivity contribution in [2.45, 2.75) is 12.1 Å². The van der Waals surface area contributed by atoms with E-state index in [2.05, 4.69) is 0 Å². The van der Waals surface area contributed by atoms with Gasteiger partial charge in [0.2, 0.25) is 5.91 Å². The summed E-state index contributed by atoms with van der Waals surface area (Å²) in [6, 6.07) is 21.3. The normalized spacial score (nSPS) is 22.7. The molecule has 2 heterocycles.